The molecule has 3 nitrogen and oxygen atoms in total. The summed E-state index contributed by atoms with van der Waals surface area (Å²) >= 11 is 0. The van der Waals surface area contributed by atoms with Crippen molar-refractivity contribution in [3.05, 3.63) is 29.3 Å². The summed E-state index contributed by atoms with van der Waals surface area (Å²) in [5.74, 6) is -2.27. The molecule has 1 aliphatic carbocycles. The highest BCUT2D eigenvalue weighted by molar-refractivity contribution is 5.95. The predicted octanol–water partition coefficient (Wildman–Crippen LogP) is 2.61. The fourth-order valence-corrected chi connectivity index (χ4v) is 2.34. The largest absolute Gasteiger partial charge is 0.394 e. The monoisotopic (exact) mass is 254 g/mol. The lowest BCUT2D eigenvalue weighted by Gasteiger charge is -2.25. The summed E-state index contributed by atoms with van der Waals surface area (Å²) in [6.45, 7) is 1.95. The van der Waals surface area contributed by atoms with Crippen LogP contribution in [0.4, 0.5) is 14.5 Å². The second kappa shape index (κ2) is 4.55. The van der Waals surface area contributed by atoms with E-state index in [9.17, 15) is 13.6 Å². The molecule has 18 heavy (non-hydrogen) atoms. The lowest BCUT2D eigenvalue weighted by Crippen LogP contribution is -2.43. The smallest absolute Gasteiger partial charge is 0.251 e. The Labute approximate surface area is 104 Å². The van der Waals surface area contributed by atoms with E-state index >= 15 is 0 Å². The molecule has 0 radical (unpaired) electrons. The van der Waals surface area contributed by atoms with Gasteiger partial charge in [0.25, 0.3) is 5.91 Å². The normalized spacial score (nSPS) is 17.7. The molecule has 3 N–H and O–H groups in total. The Kier molecular flexibility index (Phi) is 3.24. The van der Waals surface area contributed by atoms with Gasteiger partial charge in [-0.3, -0.25) is 4.79 Å². The molecule has 0 aliphatic heterocycles. The van der Waals surface area contributed by atoms with Crippen LogP contribution in [0.2, 0.25) is 0 Å². The fourth-order valence-electron chi connectivity index (χ4n) is 2.34. The van der Waals surface area contributed by atoms with E-state index in [-0.39, 0.29) is 11.1 Å². The Morgan fingerprint density at radius 3 is 2.28 bits per heavy atom. The second-order valence-electron chi connectivity index (χ2n) is 5.08. The Morgan fingerprint density at radius 1 is 1.28 bits per heavy atom. The van der Waals surface area contributed by atoms with Crippen molar-refractivity contribution in [2.75, 3.05) is 5.73 Å². The molecule has 1 aliphatic rings. The minimum absolute atomic E-state index is 0.0349. The summed E-state index contributed by atoms with van der Waals surface area (Å²) in [6.07, 6.45) is 3.89. The van der Waals surface area contributed by atoms with Crippen LogP contribution in [-0.2, 0) is 0 Å². The first-order chi connectivity index (χ1) is 8.41. The molecule has 0 spiro atoms. The quantitative estimate of drug-likeness (QED) is 0.797. The van der Waals surface area contributed by atoms with Gasteiger partial charge in [-0.1, -0.05) is 12.8 Å². The van der Waals surface area contributed by atoms with E-state index in [1.54, 1.807) is 0 Å². The van der Waals surface area contributed by atoms with E-state index in [1.165, 1.54) is 0 Å². The van der Waals surface area contributed by atoms with Crippen LogP contribution in [0.3, 0.4) is 0 Å². The van der Waals surface area contributed by atoms with Gasteiger partial charge in [-0.05, 0) is 31.9 Å². The highest BCUT2D eigenvalue weighted by atomic mass is 19.1. The first kappa shape index (κ1) is 12.8. The van der Waals surface area contributed by atoms with Gasteiger partial charge in [0.2, 0.25) is 0 Å². The summed E-state index contributed by atoms with van der Waals surface area (Å²) in [5, 5.41) is 2.83. The molecule has 1 fully saturated rings. The van der Waals surface area contributed by atoms with Gasteiger partial charge in [-0.2, -0.15) is 0 Å². The molecule has 5 heteroatoms. The average molecular weight is 254 g/mol. The van der Waals surface area contributed by atoms with Gasteiger partial charge in [-0.25, -0.2) is 8.78 Å². The molecule has 2 rings (SSSR count). The SMILES string of the molecule is CC1(NC(=O)c2cc(F)c(N)c(F)c2)CCCC1. The number of halogens is 2. The van der Waals surface area contributed by atoms with Crippen LogP contribution >= 0.6 is 0 Å². The first-order valence-electron chi connectivity index (χ1n) is 5.98. The number of carbonyl (C=O) groups excluding carboxylic acids is 1. The number of nitrogen functional groups attached to an aromatic ring is 1. The molecule has 0 bridgehead atoms. The molecule has 1 aromatic carbocycles. The third-order valence-electron chi connectivity index (χ3n) is 3.46. The van der Waals surface area contributed by atoms with E-state index in [2.05, 4.69) is 5.32 Å². The van der Waals surface area contributed by atoms with Gasteiger partial charge in [0.15, 0.2) is 0 Å². The Balaban J connectivity index is 2.19. The zero-order chi connectivity index (χ0) is 13.3. The second-order valence-corrected chi connectivity index (χ2v) is 5.08. The zero-order valence-electron chi connectivity index (χ0n) is 10.2. The minimum atomic E-state index is -0.906. The molecule has 0 saturated heterocycles. The summed E-state index contributed by atoms with van der Waals surface area (Å²) in [4.78, 5) is 11.9. The number of rotatable bonds is 2. The molecule has 0 heterocycles. The van der Waals surface area contributed by atoms with Crippen molar-refractivity contribution in [3.8, 4) is 0 Å². The highest BCUT2D eigenvalue weighted by Gasteiger charge is 2.30. The third-order valence-corrected chi connectivity index (χ3v) is 3.46. The van der Waals surface area contributed by atoms with Crippen molar-refractivity contribution in [1.29, 1.82) is 0 Å². The fraction of sp³-hybridized carbons (Fsp3) is 0.462. The summed E-state index contributed by atoms with van der Waals surface area (Å²) < 4.78 is 26.5. The average Bonchev–Trinajstić information content (AvgIpc) is 2.71. The highest BCUT2D eigenvalue weighted by Crippen LogP contribution is 2.29. The van der Waals surface area contributed by atoms with E-state index in [0.29, 0.717) is 0 Å². The van der Waals surface area contributed by atoms with Crippen molar-refractivity contribution < 1.29 is 13.6 Å². The number of nitrogens with two attached hydrogens (primary N) is 1. The third kappa shape index (κ3) is 2.44. The molecular weight excluding hydrogens is 238 g/mol. The Morgan fingerprint density at radius 2 is 1.78 bits per heavy atom. The van der Waals surface area contributed by atoms with E-state index < -0.39 is 23.2 Å². The molecular formula is C13H16F2N2O. The maximum absolute atomic E-state index is 13.3. The number of amides is 1. The molecule has 98 valence electrons. The predicted molar refractivity (Wildman–Crippen MR) is 65.1 cm³/mol. The molecule has 0 unspecified atom stereocenters. The van der Waals surface area contributed by atoms with Crippen molar-refractivity contribution in [2.24, 2.45) is 0 Å². The van der Waals surface area contributed by atoms with E-state index in [1.807, 2.05) is 6.92 Å². The molecule has 1 saturated carbocycles. The number of hydrogen-bond donors (Lipinski definition) is 2. The van der Waals surface area contributed by atoms with Gasteiger partial charge >= 0.3 is 0 Å². The molecule has 1 amide bonds. The molecule has 0 atom stereocenters. The van der Waals surface area contributed by atoms with Gasteiger partial charge in [-0.15, -0.1) is 0 Å². The van der Waals surface area contributed by atoms with Gasteiger partial charge in [0, 0.05) is 11.1 Å². The van der Waals surface area contributed by atoms with Crippen molar-refractivity contribution in [3.63, 3.8) is 0 Å². The van der Waals surface area contributed by atoms with Crippen LogP contribution in [0.25, 0.3) is 0 Å². The lowest BCUT2D eigenvalue weighted by molar-refractivity contribution is 0.0907. The minimum Gasteiger partial charge on any atom is -0.394 e. The number of anilines is 1. The zero-order valence-corrected chi connectivity index (χ0v) is 10.2. The Hall–Kier alpha value is -1.65. The van der Waals surface area contributed by atoms with Crippen LogP contribution in [-0.4, -0.2) is 11.4 Å². The van der Waals surface area contributed by atoms with Gasteiger partial charge < -0.3 is 11.1 Å². The van der Waals surface area contributed by atoms with Crippen LogP contribution in [0, 0.1) is 11.6 Å². The van der Waals surface area contributed by atoms with Gasteiger partial charge in [0.1, 0.15) is 17.3 Å². The van der Waals surface area contributed by atoms with Crippen LogP contribution in [0.1, 0.15) is 43.0 Å². The van der Waals surface area contributed by atoms with Crippen LogP contribution in [0.15, 0.2) is 12.1 Å². The lowest BCUT2D eigenvalue weighted by atomic mass is 10.00. The summed E-state index contributed by atoms with van der Waals surface area (Å²) in [6, 6.07) is 1.93. The van der Waals surface area contributed by atoms with E-state index in [0.717, 1.165) is 37.8 Å². The summed E-state index contributed by atoms with van der Waals surface area (Å²) in [5.41, 5.74) is 4.29. The number of benzene rings is 1. The van der Waals surface area contributed by atoms with Crippen LogP contribution < -0.4 is 11.1 Å². The van der Waals surface area contributed by atoms with Crippen molar-refractivity contribution in [2.45, 2.75) is 38.1 Å². The maximum atomic E-state index is 13.3. The number of carbonyl (C=O) groups is 1. The van der Waals surface area contributed by atoms with Crippen molar-refractivity contribution >= 4 is 11.6 Å². The topological polar surface area (TPSA) is 55.1 Å². The number of hydrogen-bond acceptors (Lipinski definition) is 2. The number of nitrogens with one attached hydrogen (secondary N) is 1. The van der Waals surface area contributed by atoms with Gasteiger partial charge in [0.05, 0.1) is 0 Å². The first-order valence-corrected chi connectivity index (χ1v) is 5.98. The van der Waals surface area contributed by atoms with E-state index in [4.69, 9.17) is 5.73 Å². The standard InChI is InChI=1S/C13H16F2N2O/c1-13(4-2-3-5-13)17-12(18)8-6-9(14)11(16)10(15)7-8/h6-7H,2-5,16H2,1H3,(H,17,18). The molecule has 0 aromatic heterocycles. The summed E-state index contributed by atoms with van der Waals surface area (Å²) in [7, 11) is 0. The van der Waals surface area contributed by atoms with Crippen molar-refractivity contribution in [1.82, 2.24) is 5.32 Å². The Bertz CT molecular complexity index is 459. The maximum Gasteiger partial charge on any atom is 0.251 e. The molecule has 1 aromatic rings. The van der Waals surface area contributed by atoms with Crippen LogP contribution in [0.5, 0.6) is 0 Å².